The van der Waals surface area contributed by atoms with Gasteiger partial charge in [-0.25, -0.2) is 0 Å². The highest BCUT2D eigenvalue weighted by Gasteiger charge is 2.00. The van der Waals surface area contributed by atoms with E-state index >= 15 is 0 Å². The molecule has 0 atom stereocenters. The third-order valence-corrected chi connectivity index (χ3v) is 2.08. The first kappa shape index (κ1) is 8.01. The first-order valence-electron chi connectivity index (χ1n) is 4.03. The molecule has 1 aromatic carbocycles. The molecular weight excluding hydrogens is 166 g/mol. The quantitative estimate of drug-likeness (QED) is 0.679. The zero-order chi connectivity index (χ0) is 9.26. The molecule has 0 radical (unpaired) electrons. The summed E-state index contributed by atoms with van der Waals surface area (Å²) in [6.07, 6.45) is 1.59. The maximum atomic E-state index is 11.3. The minimum absolute atomic E-state index is 0.0409. The summed E-state index contributed by atoms with van der Waals surface area (Å²) in [7, 11) is 0. The Kier molecular flexibility index (Phi) is 1.87. The Morgan fingerprint density at radius 2 is 2.08 bits per heavy atom. The van der Waals surface area contributed by atoms with Gasteiger partial charge in [-0.05, 0) is 23.1 Å². The highest BCUT2D eigenvalue weighted by atomic mass is 16.3. The normalized spacial score (nSPS) is 10.5. The third kappa shape index (κ3) is 1.23. The number of hydrogen-bond acceptors (Lipinski definition) is 2. The number of fused-ring (bicyclic) bond motifs is 1. The fourth-order valence-corrected chi connectivity index (χ4v) is 1.42. The molecule has 0 aliphatic rings. The minimum Gasteiger partial charge on any atom is -0.392 e. The number of hydrogen-bond donors (Lipinski definition) is 2. The van der Waals surface area contributed by atoms with E-state index in [1.165, 1.54) is 0 Å². The van der Waals surface area contributed by atoms with Crippen molar-refractivity contribution in [1.82, 2.24) is 4.98 Å². The Balaban J connectivity index is 2.92. The summed E-state index contributed by atoms with van der Waals surface area (Å²) in [5.41, 5.74) is 0.663. The molecule has 0 fully saturated rings. The van der Waals surface area contributed by atoms with Gasteiger partial charge in [0.25, 0.3) is 5.56 Å². The van der Waals surface area contributed by atoms with E-state index in [4.69, 9.17) is 5.11 Å². The Hall–Kier alpha value is -1.61. The molecule has 2 aromatic rings. The summed E-state index contributed by atoms with van der Waals surface area (Å²) < 4.78 is 0. The summed E-state index contributed by atoms with van der Waals surface area (Å²) >= 11 is 0. The highest BCUT2D eigenvalue weighted by molar-refractivity contribution is 5.84. The van der Waals surface area contributed by atoms with E-state index in [2.05, 4.69) is 4.98 Å². The zero-order valence-corrected chi connectivity index (χ0v) is 6.95. The van der Waals surface area contributed by atoms with Gasteiger partial charge in [0.1, 0.15) is 0 Å². The second kappa shape index (κ2) is 3.03. The van der Waals surface area contributed by atoms with E-state index in [-0.39, 0.29) is 12.2 Å². The Morgan fingerprint density at radius 3 is 2.85 bits per heavy atom. The molecule has 3 nitrogen and oxygen atoms in total. The Bertz CT molecular complexity index is 487. The van der Waals surface area contributed by atoms with Crippen LogP contribution in [0.3, 0.4) is 0 Å². The van der Waals surface area contributed by atoms with Crippen LogP contribution in [-0.2, 0) is 6.61 Å². The van der Waals surface area contributed by atoms with Gasteiger partial charge in [0.05, 0.1) is 6.61 Å². The largest absolute Gasteiger partial charge is 0.392 e. The van der Waals surface area contributed by atoms with Gasteiger partial charge < -0.3 is 10.1 Å². The molecule has 1 heterocycles. The molecule has 0 unspecified atom stereocenters. The van der Waals surface area contributed by atoms with Crippen molar-refractivity contribution in [3.8, 4) is 0 Å². The van der Waals surface area contributed by atoms with E-state index in [1.54, 1.807) is 24.4 Å². The lowest BCUT2D eigenvalue weighted by Gasteiger charge is -2.01. The third-order valence-electron chi connectivity index (χ3n) is 2.08. The van der Waals surface area contributed by atoms with Gasteiger partial charge in [0.15, 0.2) is 0 Å². The molecule has 66 valence electrons. The number of aliphatic hydroxyl groups excluding tert-OH is 1. The van der Waals surface area contributed by atoms with Gasteiger partial charge in [-0.15, -0.1) is 0 Å². The van der Waals surface area contributed by atoms with E-state index in [9.17, 15) is 4.79 Å². The number of aliphatic hydroxyl groups is 1. The summed E-state index contributed by atoms with van der Waals surface area (Å²) in [6.45, 7) is -0.0409. The van der Waals surface area contributed by atoms with Crippen molar-refractivity contribution >= 4 is 10.8 Å². The molecule has 0 saturated carbocycles. The smallest absolute Gasteiger partial charge is 0.255 e. The summed E-state index contributed by atoms with van der Waals surface area (Å²) in [5, 5.41) is 10.4. The lowest BCUT2D eigenvalue weighted by atomic mass is 10.1. The average Bonchev–Trinajstić information content (AvgIpc) is 2.18. The number of benzene rings is 1. The molecule has 0 aliphatic heterocycles. The van der Waals surface area contributed by atoms with Crippen LogP contribution in [0.5, 0.6) is 0 Å². The fourth-order valence-electron chi connectivity index (χ4n) is 1.42. The molecule has 0 aliphatic carbocycles. The number of rotatable bonds is 1. The lowest BCUT2D eigenvalue weighted by Crippen LogP contribution is -2.05. The topological polar surface area (TPSA) is 53.1 Å². The molecule has 3 heteroatoms. The van der Waals surface area contributed by atoms with Crippen LogP contribution in [0, 0.1) is 0 Å². The maximum absolute atomic E-state index is 11.3. The van der Waals surface area contributed by atoms with Gasteiger partial charge in [-0.3, -0.25) is 4.79 Å². The van der Waals surface area contributed by atoms with Crippen LogP contribution in [0.25, 0.3) is 10.8 Å². The molecule has 2 N–H and O–H groups in total. The number of pyridine rings is 1. The molecule has 1 aromatic heterocycles. The second-order valence-electron chi connectivity index (χ2n) is 2.84. The van der Waals surface area contributed by atoms with Gasteiger partial charge in [0, 0.05) is 11.6 Å². The van der Waals surface area contributed by atoms with Crippen LogP contribution in [0.2, 0.25) is 0 Å². The van der Waals surface area contributed by atoms with Crippen molar-refractivity contribution < 1.29 is 5.11 Å². The summed E-state index contributed by atoms with van der Waals surface area (Å²) in [4.78, 5) is 13.9. The molecule has 2 rings (SSSR count). The first-order chi connectivity index (χ1) is 6.33. The average molecular weight is 175 g/mol. The van der Waals surface area contributed by atoms with E-state index < -0.39 is 0 Å². The monoisotopic (exact) mass is 175 g/mol. The zero-order valence-electron chi connectivity index (χ0n) is 6.95. The van der Waals surface area contributed by atoms with Crippen LogP contribution in [0.4, 0.5) is 0 Å². The van der Waals surface area contributed by atoms with Crippen molar-refractivity contribution in [3.63, 3.8) is 0 Å². The predicted octanol–water partition coefficient (Wildman–Crippen LogP) is 1.02. The Morgan fingerprint density at radius 1 is 1.23 bits per heavy atom. The van der Waals surface area contributed by atoms with Crippen molar-refractivity contribution in [1.29, 1.82) is 0 Å². The first-order valence-corrected chi connectivity index (χ1v) is 4.03. The van der Waals surface area contributed by atoms with Gasteiger partial charge in [-0.1, -0.05) is 12.1 Å². The van der Waals surface area contributed by atoms with Crippen molar-refractivity contribution in [2.75, 3.05) is 0 Å². The van der Waals surface area contributed by atoms with Crippen LogP contribution in [0.15, 0.2) is 35.3 Å². The number of nitrogens with one attached hydrogen (secondary N) is 1. The van der Waals surface area contributed by atoms with E-state index in [0.717, 1.165) is 10.9 Å². The number of aromatic nitrogens is 1. The lowest BCUT2D eigenvalue weighted by molar-refractivity contribution is 0.283. The van der Waals surface area contributed by atoms with Crippen LogP contribution in [-0.4, -0.2) is 10.1 Å². The molecule has 13 heavy (non-hydrogen) atoms. The summed E-state index contributed by atoms with van der Waals surface area (Å²) in [5.74, 6) is 0. The van der Waals surface area contributed by atoms with Crippen LogP contribution < -0.4 is 5.56 Å². The number of aromatic amines is 1. The maximum Gasteiger partial charge on any atom is 0.255 e. The molecule has 0 spiro atoms. The van der Waals surface area contributed by atoms with Crippen molar-refractivity contribution in [2.24, 2.45) is 0 Å². The fraction of sp³-hybridized carbons (Fsp3) is 0.100. The van der Waals surface area contributed by atoms with Crippen LogP contribution in [0.1, 0.15) is 5.56 Å². The highest BCUT2D eigenvalue weighted by Crippen LogP contribution is 2.14. The predicted molar refractivity (Wildman–Crippen MR) is 50.5 cm³/mol. The van der Waals surface area contributed by atoms with Gasteiger partial charge in [0.2, 0.25) is 0 Å². The van der Waals surface area contributed by atoms with E-state index in [1.807, 2.05) is 6.07 Å². The van der Waals surface area contributed by atoms with Gasteiger partial charge in [-0.2, -0.15) is 0 Å². The summed E-state index contributed by atoms with van der Waals surface area (Å²) in [6, 6.07) is 7.11. The number of H-pyrrole nitrogens is 1. The molecule has 0 amide bonds. The Labute approximate surface area is 74.7 Å². The second-order valence-corrected chi connectivity index (χ2v) is 2.84. The standard InChI is InChI=1S/C10H9NO2/c12-6-7-2-1-3-9-8(7)4-5-11-10(9)13/h1-5,12H,6H2,(H,11,13). The van der Waals surface area contributed by atoms with Crippen molar-refractivity contribution in [3.05, 3.63) is 46.4 Å². The van der Waals surface area contributed by atoms with E-state index in [0.29, 0.717) is 5.39 Å². The van der Waals surface area contributed by atoms with Gasteiger partial charge >= 0.3 is 0 Å². The van der Waals surface area contributed by atoms with Crippen molar-refractivity contribution in [2.45, 2.75) is 6.61 Å². The van der Waals surface area contributed by atoms with Crippen LogP contribution >= 0.6 is 0 Å². The molecular formula is C10H9NO2. The minimum atomic E-state index is -0.118. The molecule has 0 bridgehead atoms. The molecule has 0 saturated heterocycles. The SMILES string of the molecule is O=c1[nH]ccc2c(CO)cccc12.